The molecule has 0 fully saturated rings. The predicted octanol–water partition coefficient (Wildman–Crippen LogP) is 6.15. The van der Waals surface area contributed by atoms with E-state index < -0.39 is 0 Å². The molecular weight excluding hydrogens is 312 g/mol. The van der Waals surface area contributed by atoms with Crippen molar-refractivity contribution >= 4 is 23.5 Å². The number of hydrogen-bond donors (Lipinski definition) is 1. The number of benzene rings is 2. The zero-order chi connectivity index (χ0) is 18.1. The third kappa shape index (κ3) is 6.07. The van der Waals surface area contributed by atoms with Crippen LogP contribution in [0.1, 0.15) is 50.7 Å². The van der Waals surface area contributed by atoms with Gasteiger partial charge in [0.2, 0.25) is 0 Å². The maximum Gasteiger partial charge on any atom is 0.269 e. The fourth-order valence-corrected chi connectivity index (χ4v) is 2.65. The quantitative estimate of drug-likeness (QED) is 0.339. The molecule has 0 aliphatic carbocycles. The van der Waals surface area contributed by atoms with Gasteiger partial charge in [0, 0.05) is 23.9 Å². The second-order valence-corrected chi connectivity index (χ2v) is 6.20. The van der Waals surface area contributed by atoms with Crippen molar-refractivity contribution in [3.05, 3.63) is 69.8 Å². The molecule has 2 aromatic rings. The van der Waals surface area contributed by atoms with Crippen LogP contribution < -0.4 is 5.32 Å². The Bertz CT molecular complexity index is 691. The monoisotopic (exact) mass is 338 g/mol. The van der Waals surface area contributed by atoms with Gasteiger partial charge in [-0.15, -0.1) is 0 Å². The Morgan fingerprint density at radius 1 is 1.00 bits per heavy atom. The highest BCUT2D eigenvalue weighted by Crippen LogP contribution is 2.17. The fraction of sp³-hybridized carbons (Fsp3) is 0.333. The number of anilines is 1. The molecule has 0 aliphatic rings. The Labute approximate surface area is 149 Å². The molecule has 0 saturated heterocycles. The summed E-state index contributed by atoms with van der Waals surface area (Å²) in [5.41, 5.74) is 3.31. The largest absolute Gasteiger partial charge is 0.382 e. The Kier molecular flexibility index (Phi) is 7.20. The van der Waals surface area contributed by atoms with Gasteiger partial charge in [0.05, 0.1) is 4.92 Å². The van der Waals surface area contributed by atoms with Crippen molar-refractivity contribution in [2.24, 2.45) is 0 Å². The molecule has 0 saturated carbocycles. The second kappa shape index (κ2) is 9.62. The van der Waals surface area contributed by atoms with Gasteiger partial charge in [0.25, 0.3) is 5.69 Å². The summed E-state index contributed by atoms with van der Waals surface area (Å²) >= 11 is 0. The van der Waals surface area contributed by atoms with Gasteiger partial charge in [-0.3, -0.25) is 10.1 Å². The minimum atomic E-state index is -0.386. The molecule has 0 bridgehead atoms. The third-order valence-electron chi connectivity index (χ3n) is 4.25. The number of non-ortho nitro benzene ring substituents is 1. The Hall–Kier alpha value is -2.62. The number of nitro groups is 1. The molecule has 132 valence electrons. The molecule has 25 heavy (non-hydrogen) atoms. The van der Waals surface area contributed by atoms with Gasteiger partial charge >= 0.3 is 0 Å². The van der Waals surface area contributed by atoms with Crippen LogP contribution in [-0.2, 0) is 0 Å². The van der Waals surface area contributed by atoms with Gasteiger partial charge in [0.15, 0.2) is 0 Å². The van der Waals surface area contributed by atoms with E-state index in [0.29, 0.717) is 6.04 Å². The Morgan fingerprint density at radius 3 is 2.04 bits per heavy atom. The SMILES string of the molecule is CCCCC(CC)Nc1ccc(/C=C/c2ccc([N+](=O)[O-])cc2)cc1. The van der Waals surface area contributed by atoms with Crippen molar-refractivity contribution in [2.45, 2.75) is 45.6 Å². The van der Waals surface area contributed by atoms with Crippen molar-refractivity contribution in [2.75, 3.05) is 5.32 Å². The normalized spacial score (nSPS) is 12.2. The van der Waals surface area contributed by atoms with Gasteiger partial charge in [0.1, 0.15) is 0 Å². The Morgan fingerprint density at radius 2 is 1.56 bits per heavy atom. The average molecular weight is 338 g/mol. The van der Waals surface area contributed by atoms with Crippen LogP contribution in [0.5, 0.6) is 0 Å². The number of nitro benzene ring substituents is 1. The van der Waals surface area contributed by atoms with Crippen LogP contribution in [0.25, 0.3) is 12.2 Å². The fourth-order valence-electron chi connectivity index (χ4n) is 2.65. The zero-order valence-electron chi connectivity index (χ0n) is 14.9. The van der Waals surface area contributed by atoms with E-state index in [2.05, 4.69) is 43.4 Å². The first-order valence-electron chi connectivity index (χ1n) is 8.91. The lowest BCUT2D eigenvalue weighted by Crippen LogP contribution is -2.18. The van der Waals surface area contributed by atoms with Crippen LogP contribution in [0.2, 0.25) is 0 Å². The van der Waals surface area contributed by atoms with Crippen molar-refractivity contribution in [1.82, 2.24) is 0 Å². The molecule has 0 spiro atoms. The predicted molar refractivity (Wildman–Crippen MR) is 106 cm³/mol. The topological polar surface area (TPSA) is 55.2 Å². The number of unbranched alkanes of at least 4 members (excludes halogenated alkanes) is 1. The molecule has 2 aromatic carbocycles. The van der Waals surface area contributed by atoms with Crippen LogP contribution in [0.4, 0.5) is 11.4 Å². The van der Waals surface area contributed by atoms with Gasteiger partial charge in [-0.05, 0) is 48.2 Å². The van der Waals surface area contributed by atoms with Crippen molar-refractivity contribution in [1.29, 1.82) is 0 Å². The smallest absolute Gasteiger partial charge is 0.269 e. The molecule has 0 aromatic heterocycles. The standard InChI is InChI=1S/C21H26N2O2/c1-3-5-6-19(4-2)22-20-13-9-17(10-14-20)7-8-18-11-15-21(16-12-18)23(24)25/h7-16,19,22H,3-6H2,1-2H3/b8-7+. The van der Waals surface area contributed by atoms with E-state index in [9.17, 15) is 10.1 Å². The van der Waals surface area contributed by atoms with Crippen LogP contribution in [0.3, 0.4) is 0 Å². The van der Waals surface area contributed by atoms with E-state index in [1.165, 1.54) is 31.4 Å². The van der Waals surface area contributed by atoms with Crippen molar-refractivity contribution < 1.29 is 4.92 Å². The summed E-state index contributed by atoms with van der Waals surface area (Å²) in [7, 11) is 0. The number of hydrogen-bond acceptors (Lipinski definition) is 3. The highest BCUT2D eigenvalue weighted by atomic mass is 16.6. The lowest BCUT2D eigenvalue weighted by atomic mass is 10.1. The molecule has 0 amide bonds. The minimum absolute atomic E-state index is 0.112. The number of nitrogens with zero attached hydrogens (tertiary/aromatic N) is 1. The second-order valence-electron chi connectivity index (χ2n) is 6.20. The molecule has 0 aliphatic heterocycles. The highest BCUT2D eigenvalue weighted by molar-refractivity contribution is 5.70. The van der Waals surface area contributed by atoms with Crippen molar-refractivity contribution in [3.8, 4) is 0 Å². The first-order valence-corrected chi connectivity index (χ1v) is 8.91. The maximum atomic E-state index is 10.7. The lowest BCUT2D eigenvalue weighted by Gasteiger charge is -2.18. The summed E-state index contributed by atoms with van der Waals surface area (Å²) in [5.74, 6) is 0. The summed E-state index contributed by atoms with van der Waals surface area (Å²) in [4.78, 5) is 10.3. The summed E-state index contributed by atoms with van der Waals surface area (Å²) in [6, 6.07) is 15.4. The molecule has 1 unspecified atom stereocenters. The third-order valence-corrected chi connectivity index (χ3v) is 4.25. The minimum Gasteiger partial charge on any atom is -0.382 e. The molecule has 1 atom stereocenters. The summed E-state index contributed by atoms with van der Waals surface area (Å²) in [5, 5.41) is 14.3. The van der Waals surface area contributed by atoms with Gasteiger partial charge < -0.3 is 5.32 Å². The van der Waals surface area contributed by atoms with Crippen LogP contribution >= 0.6 is 0 Å². The van der Waals surface area contributed by atoms with E-state index in [0.717, 1.165) is 23.2 Å². The lowest BCUT2D eigenvalue weighted by molar-refractivity contribution is -0.384. The van der Waals surface area contributed by atoms with Gasteiger partial charge in [-0.1, -0.05) is 51.0 Å². The Balaban J connectivity index is 1.96. The van der Waals surface area contributed by atoms with Crippen LogP contribution in [0.15, 0.2) is 48.5 Å². The average Bonchev–Trinajstić information content (AvgIpc) is 2.64. The first kappa shape index (κ1) is 18.7. The van der Waals surface area contributed by atoms with E-state index >= 15 is 0 Å². The first-order chi connectivity index (χ1) is 12.1. The van der Waals surface area contributed by atoms with Gasteiger partial charge in [-0.2, -0.15) is 0 Å². The molecule has 4 nitrogen and oxygen atoms in total. The van der Waals surface area contributed by atoms with Gasteiger partial charge in [-0.25, -0.2) is 0 Å². The maximum absolute atomic E-state index is 10.7. The number of nitrogens with one attached hydrogen (secondary N) is 1. The molecule has 0 heterocycles. The van der Waals surface area contributed by atoms with Crippen LogP contribution in [-0.4, -0.2) is 11.0 Å². The van der Waals surface area contributed by atoms with Crippen molar-refractivity contribution in [3.63, 3.8) is 0 Å². The van der Waals surface area contributed by atoms with E-state index in [-0.39, 0.29) is 10.6 Å². The van der Waals surface area contributed by atoms with E-state index in [4.69, 9.17) is 0 Å². The highest BCUT2D eigenvalue weighted by Gasteiger charge is 2.05. The summed E-state index contributed by atoms with van der Waals surface area (Å²) in [6.45, 7) is 4.44. The summed E-state index contributed by atoms with van der Waals surface area (Å²) < 4.78 is 0. The molecule has 0 radical (unpaired) electrons. The molecule has 1 N–H and O–H groups in total. The summed E-state index contributed by atoms with van der Waals surface area (Å²) in [6.07, 6.45) is 8.78. The molecule has 4 heteroatoms. The van der Waals surface area contributed by atoms with E-state index in [1.807, 2.05) is 12.2 Å². The molecule has 2 rings (SSSR count). The molecular formula is C21H26N2O2. The van der Waals surface area contributed by atoms with E-state index in [1.54, 1.807) is 12.1 Å². The number of rotatable bonds is 9. The zero-order valence-corrected chi connectivity index (χ0v) is 14.9. The van der Waals surface area contributed by atoms with Crippen LogP contribution in [0, 0.1) is 10.1 Å².